The molecule has 0 atom stereocenters. The Hall–Kier alpha value is -3.17. The summed E-state index contributed by atoms with van der Waals surface area (Å²) in [5.41, 5.74) is 1.05. The second-order valence-electron chi connectivity index (χ2n) is 6.05. The minimum atomic E-state index is -3.66. The number of ether oxygens (including phenoxy) is 1. The lowest BCUT2D eigenvalue weighted by Gasteiger charge is -2.14. The van der Waals surface area contributed by atoms with E-state index in [0.29, 0.717) is 11.5 Å². The van der Waals surface area contributed by atoms with Crippen molar-refractivity contribution in [3.05, 3.63) is 60.3 Å². The Morgan fingerprint density at radius 2 is 1.82 bits per heavy atom. The van der Waals surface area contributed by atoms with Gasteiger partial charge < -0.3 is 14.6 Å². The molecule has 0 aliphatic rings. The van der Waals surface area contributed by atoms with Crippen LogP contribution in [0.4, 0.5) is 5.69 Å². The largest absolute Gasteiger partial charge is 0.495 e. The zero-order chi connectivity index (χ0) is 20.3. The molecule has 2 aromatic carbocycles. The van der Waals surface area contributed by atoms with Crippen LogP contribution in [0.15, 0.2) is 64.0 Å². The van der Waals surface area contributed by atoms with Crippen LogP contribution < -0.4 is 10.1 Å². The summed E-state index contributed by atoms with van der Waals surface area (Å²) in [4.78, 5) is 12.6. The number of sulfonamides is 1. The van der Waals surface area contributed by atoms with E-state index in [1.54, 1.807) is 0 Å². The molecule has 8 nitrogen and oxygen atoms in total. The third kappa shape index (κ3) is 3.90. The molecule has 0 fully saturated rings. The first kappa shape index (κ1) is 19.6. The Morgan fingerprint density at radius 3 is 2.46 bits per heavy atom. The van der Waals surface area contributed by atoms with Crippen molar-refractivity contribution < 1.29 is 22.5 Å². The molecule has 0 unspecified atom stereocenters. The summed E-state index contributed by atoms with van der Waals surface area (Å²) >= 11 is 0. The Balaban J connectivity index is 1.89. The second kappa shape index (κ2) is 7.83. The summed E-state index contributed by atoms with van der Waals surface area (Å²) < 4.78 is 36.2. The molecule has 0 spiro atoms. The van der Waals surface area contributed by atoms with Crippen molar-refractivity contribution in [2.24, 2.45) is 0 Å². The highest BCUT2D eigenvalue weighted by atomic mass is 32.2. The van der Waals surface area contributed by atoms with Crippen LogP contribution in [-0.2, 0) is 10.0 Å². The average Bonchev–Trinajstić information content (AvgIpc) is 3.19. The van der Waals surface area contributed by atoms with Crippen LogP contribution in [0.25, 0.3) is 11.3 Å². The van der Waals surface area contributed by atoms with E-state index in [9.17, 15) is 13.2 Å². The number of aromatic nitrogens is 1. The minimum Gasteiger partial charge on any atom is -0.495 e. The lowest BCUT2D eigenvalue weighted by atomic mass is 10.1. The molecule has 0 saturated heterocycles. The SMILES string of the molecule is COc1ccc(S(=O)(=O)N(C)C)cc1NC(=O)c1cc(-c2ccccc2)on1. The zero-order valence-corrected chi connectivity index (χ0v) is 16.4. The number of benzene rings is 2. The van der Waals surface area contributed by atoms with Gasteiger partial charge in [0.25, 0.3) is 5.91 Å². The van der Waals surface area contributed by atoms with Gasteiger partial charge in [0.2, 0.25) is 10.0 Å². The number of anilines is 1. The number of nitrogens with zero attached hydrogens (tertiary/aromatic N) is 2. The summed E-state index contributed by atoms with van der Waals surface area (Å²) in [5.74, 6) is 0.211. The molecule has 9 heteroatoms. The van der Waals surface area contributed by atoms with Crippen LogP contribution in [0.3, 0.4) is 0 Å². The van der Waals surface area contributed by atoms with Gasteiger partial charge in [-0.25, -0.2) is 12.7 Å². The highest BCUT2D eigenvalue weighted by Gasteiger charge is 2.21. The predicted octanol–water partition coefficient (Wildman–Crippen LogP) is 2.85. The fraction of sp³-hybridized carbons (Fsp3) is 0.158. The number of methoxy groups -OCH3 is 1. The summed E-state index contributed by atoms with van der Waals surface area (Å²) in [6, 6.07) is 15.0. The molecule has 0 saturated carbocycles. The summed E-state index contributed by atoms with van der Waals surface area (Å²) in [5, 5.41) is 6.41. The van der Waals surface area contributed by atoms with Gasteiger partial charge in [0.05, 0.1) is 17.7 Å². The van der Waals surface area contributed by atoms with Gasteiger partial charge in [-0.3, -0.25) is 4.79 Å². The normalized spacial score (nSPS) is 11.4. The van der Waals surface area contributed by atoms with E-state index in [1.165, 1.54) is 45.5 Å². The van der Waals surface area contributed by atoms with E-state index in [4.69, 9.17) is 9.26 Å². The van der Waals surface area contributed by atoms with E-state index in [-0.39, 0.29) is 16.3 Å². The number of rotatable bonds is 6. The number of amides is 1. The molecule has 3 aromatic rings. The fourth-order valence-electron chi connectivity index (χ4n) is 2.46. The Kier molecular flexibility index (Phi) is 5.48. The van der Waals surface area contributed by atoms with Gasteiger partial charge in [-0.2, -0.15) is 0 Å². The smallest absolute Gasteiger partial charge is 0.277 e. The van der Waals surface area contributed by atoms with Gasteiger partial charge in [0, 0.05) is 25.7 Å². The lowest BCUT2D eigenvalue weighted by Crippen LogP contribution is -2.22. The van der Waals surface area contributed by atoms with Gasteiger partial charge in [0.15, 0.2) is 11.5 Å². The van der Waals surface area contributed by atoms with Crippen molar-refractivity contribution in [1.82, 2.24) is 9.46 Å². The number of nitrogens with one attached hydrogen (secondary N) is 1. The van der Waals surface area contributed by atoms with Crippen molar-refractivity contribution in [3.8, 4) is 17.1 Å². The molecule has 146 valence electrons. The molecular weight excluding hydrogens is 382 g/mol. The van der Waals surface area contributed by atoms with Crippen LogP contribution in [0.5, 0.6) is 5.75 Å². The lowest BCUT2D eigenvalue weighted by molar-refractivity contribution is 0.101. The maximum atomic E-state index is 12.6. The fourth-order valence-corrected chi connectivity index (χ4v) is 3.39. The molecular formula is C19H19N3O5S. The van der Waals surface area contributed by atoms with Crippen molar-refractivity contribution in [1.29, 1.82) is 0 Å². The molecule has 0 radical (unpaired) electrons. The average molecular weight is 401 g/mol. The first-order chi connectivity index (χ1) is 13.3. The van der Waals surface area contributed by atoms with E-state index in [2.05, 4.69) is 10.5 Å². The Labute approximate surface area is 162 Å². The highest BCUT2D eigenvalue weighted by Crippen LogP contribution is 2.29. The maximum absolute atomic E-state index is 12.6. The maximum Gasteiger partial charge on any atom is 0.277 e. The number of hydrogen-bond acceptors (Lipinski definition) is 6. The van der Waals surface area contributed by atoms with Crippen LogP contribution in [0.2, 0.25) is 0 Å². The molecule has 1 amide bonds. The first-order valence-corrected chi connectivity index (χ1v) is 9.71. The summed E-state index contributed by atoms with van der Waals surface area (Å²) in [6.07, 6.45) is 0. The van der Waals surface area contributed by atoms with Crippen molar-refractivity contribution in [3.63, 3.8) is 0 Å². The molecule has 1 N–H and O–H groups in total. The quantitative estimate of drug-likeness (QED) is 0.681. The molecule has 0 aliphatic heterocycles. The van der Waals surface area contributed by atoms with Gasteiger partial charge in [-0.15, -0.1) is 0 Å². The van der Waals surface area contributed by atoms with Gasteiger partial charge >= 0.3 is 0 Å². The van der Waals surface area contributed by atoms with Gasteiger partial charge in [0.1, 0.15) is 5.75 Å². The monoisotopic (exact) mass is 401 g/mol. The topological polar surface area (TPSA) is 102 Å². The molecule has 0 aliphatic carbocycles. The van der Waals surface area contributed by atoms with Crippen molar-refractivity contribution in [2.75, 3.05) is 26.5 Å². The Morgan fingerprint density at radius 1 is 1.11 bits per heavy atom. The third-order valence-electron chi connectivity index (χ3n) is 4.00. The van der Waals surface area contributed by atoms with E-state index < -0.39 is 15.9 Å². The van der Waals surface area contributed by atoms with E-state index in [0.717, 1.165) is 9.87 Å². The summed E-state index contributed by atoms with van der Waals surface area (Å²) in [7, 11) is 0.619. The highest BCUT2D eigenvalue weighted by molar-refractivity contribution is 7.89. The second-order valence-corrected chi connectivity index (χ2v) is 8.20. The van der Waals surface area contributed by atoms with Crippen molar-refractivity contribution in [2.45, 2.75) is 4.90 Å². The molecule has 1 heterocycles. The number of carbonyl (C=O) groups is 1. The van der Waals surface area contributed by atoms with Crippen molar-refractivity contribution >= 4 is 21.6 Å². The minimum absolute atomic E-state index is 0.0266. The first-order valence-electron chi connectivity index (χ1n) is 8.27. The van der Waals surface area contributed by atoms with E-state index in [1.807, 2.05) is 30.3 Å². The third-order valence-corrected chi connectivity index (χ3v) is 5.81. The zero-order valence-electron chi connectivity index (χ0n) is 15.5. The number of carbonyl (C=O) groups excluding carboxylic acids is 1. The van der Waals surface area contributed by atoms with Crippen LogP contribution in [0.1, 0.15) is 10.5 Å². The molecule has 1 aromatic heterocycles. The van der Waals surface area contributed by atoms with Crippen LogP contribution >= 0.6 is 0 Å². The van der Waals surface area contributed by atoms with Gasteiger partial charge in [-0.05, 0) is 18.2 Å². The van der Waals surface area contributed by atoms with E-state index >= 15 is 0 Å². The molecule has 0 bridgehead atoms. The molecule has 28 heavy (non-hydrogen) atoms. The predicted molar refractivity (Wildman–Crippen MR) is 104 cm³/mol. The molecule has 3 rings (SSSR count). The number of hydrogen-bond donors (Lipinski definition) is 1. The summed E-state index contributed by atoms with van der Waals surface area (Å²) in [6.45, 7) is 0. The standard InChI is InChI=1S/C19H19N3O5S/c1-22(2)28(24,25)14-9-10-17(26-3)15(11-14)20-19(23)16-12-18(27-21-16)13-7-5-4-6-8-13/h4-12H,1-3H3,(H,20,23). The van der Waals surface area contributed by atoms with Gasteiger partial charge in [-0.1, -0.05) is 35.5 Å². The Bertz CT molecular complexity index is 1090. The van der Waals surface area contributed by atoms with Crippen LogP contribution in [-0.4, -0.2) is 45.0 Å². The van der Waals surface area contributed by atoms with Crippen LogP contribution in [0, 0.1) is 0 Å².